The van der Waals surface area contributed by atoms with Crippen molar-refractivity contribution in [2.24, 2.45) is 0 Å². The van der Waals surface area contributed by atoms with Gasteiger partial charge in [0, 0.05) is 11.5 Å². The maximum absolute atomic E-state index is 11.6. The van der Waals surface area contributed by atoms with Crippen LogP contribution in [0.1, 0.15) is 10.6 Å². The molecule has 17 heavy (non-hydrogen) atoms. The molecular weight excluding hydrogens is 222 g/mol. The van der Waals surface area contributed by atoms with Gasteiger partial charge in [0.2, 0.25) is 5.88 Å². The Morgan fingerprint density at radius 2 is 2.24 bits per heavy atom. The number of hydrogen-bond acceptors (Lipinski definition) is 5. The molecule has 0 bridgehead atoms. The number of tetrazole rings is 1. The Morgan fingerprint density at radius 1 is 1.35 bits per heavy atom. The predicted molar refractivity (Wildman–Crippen MR) is 58.3 cm³/mol. The smallest absolute Gasteiger partial charge is 0.299 e. The van der Waals surface area contributed by atoms with E-state index in [1.165, 1.54) is 0 Å². The molecule has 0 aliphatic rings. The maximum atomic E-state index is 11.6. The van der Waals surface area contributed by atoms with Gasteiger partial charge < -0.3 is 4.42 Å². The number of amides is 1. The van der Waals surface area contributed by atoms with Crippen molar-refractivity contribution in [1.82, 2.24) is 20.6 Å². The molecule has 1 aromatic carbocycles. The van der Waals surface area contributed by atoms with E-state index in [9.17, 15) is 4.79 Å². The zero-order valence-corrected chi connectivity index (χ0v) is 8.54. The van der Waals surface area contributed by atoms with Gasteiger partial charge in [0.1, 0.15) is 5.58 Å². The fourth-order valence-electron chi connectivity index (χ4n) is 1.47. The largest absolute Gasteiger partial charge is 0.440 e. The molecule has 0 unspecified atom stereocenters. The van der Waals surface area contributed by atoms with Crippen molar-refractivity contribution in [3.8, 4) is 0 Å². The summed E-state index contributed by atoms with van der Waals surface area (Å²) >= 11 is 0. The minimum Gasteiger partial charge on any atom is -0.440 e. The number of aromatic nitrogens is 4. The van der Waals surface area contributed by atoms with E-state index >= 15 is 0 Å². The SMILES string of the molecule is O=C(Nc1cc2ccccc2o1)c1nn[nH]n1. The number of rotatable bonds is 2. The molecular formula is C10H7N5O2. The summed E-state index contributed by atoms with van der Waals surface area (Å²) < 4.78 is 5.42. The van der Waals surface area contributed by atoms with Crippen LogP contribution in [0.5, 0.6) is 0 Å². The van der Waals surface area contributed by atoms with E-state index in [4.69, 9.17) is 4.42 Å². The van der Waals surface area contributed by atoms with Crippen molar-refractivity contribution in [1.29, 1.82) is 0 Å². The summed E-state index contributed by atoms with van der Waals surface area (Å²) in [6, 6.07) is 9.19. The Labute approximate surface area is 94.8 Å². The molecule has 0 saturated carbocycles. The lowest BCUT2D eigenvalue weighted by Gasteiger charge is -1.95. The van der Waals surface area contributed by atoms with Crippen LogP contribution in [-0.2, 0) is 0 Å². The number of nitrogens with one attached hydrogen (secondary N) is 2. The summed E-state index contributed by atoms with van der Waals surface area (Å²) in [7, 11) is 0. The van der Waals surface area contributed by atoms with Gasteiger partial charge in [0.05, 0.1) is 0 Å². The fraction of sp³-hybridized carbons (Fsp3) is 0. The summed E-state index contributed by atoms with van der Waals surface area (Å²) in [5, 5.41) is 16.1. The Hall–Kier alpha value is -2.70. The van der Waals surface area contributed by atoms with E-state index in [2.05, 4.69) is 25.9 Å². The molecule has 84 valence electrons. The molecule has 0 saturated heterocycles. The van der Waals surface area contributed by atoms with Gasteiger partial charge in [-0.15, -0.1) is 10.2 Å². The predicted octanol–water partition coefficient (Wildman–Crippen LogP) is 1.20. The summed E-state index contributed by atoms with van der Waals surface area (Å²) in [6.45, 7) is 0. The van der Waals surface area contributed by atoms with E-state index in [1.54, 1.807) is 6.07 Å². The van der Waals surface area contributed by atoms with Crippen LogP contribution in [0.15, 0.2) is 34.7 Å². The highest BCUT2D eigenvalue weighted by Crippen LogP contribution is 2.22. The van der Waals surface area contributed by atoms with Gasteiger partial charge in [0.25, 0.3) is 11.7 Å². The Balaban J connectivity index is 1.88. The van der Waals surface area contributed by atoms with Crippen molar-refractivity contribution in [3.05, 3.63) is 36.2 Å². The van der Waals surface area contributed by atoms with Crippen LogP contribution in [0.4, 0.5) is 5.88 Å². The second-order valence-electron chi connectivity index (χ2n) is 3.34. The van der Waals surface area contributed by atoms with Crippen molar-refractivity contribution in [2.45, 2.75) is 0 Å². The summed E-state index contributed by atoms with van der Waals surface area (Å²) in [6.07, 6.45) is 0. The van der Waals surface area contributed by atoms with E-state index in [0.29, 0.717) is 11.5 Å². The van der Waals surface area contributed by atoms with Crippen molar-refractivity contribution in [2.75, 3.05) is 5.32 Å². The molecule has 3 rings (SSSR count). The van der Waals surface area contributed by atoms with Crippen LogP contribution >= 0.6 is 0 Å². The van der Waals surface area contributed by atoms with Gasteiger partial charge >= 0.3 is 0 Å². The van der Waals surface area contributed by atoms with Gasteiger partial charge in [0.15, 0.2) is 0 Å². The Kier molecular flexibility index (Phi) is 2.08. The molecule has 0 fully saturated rings. The first-order valence-corrected chi connectivity index (χ1v) is 4.86. The summed E-state index contributed by atoms with van der Waals surface area (Å²) in [5.41, 5.74) is 0.705. The highest BCUT2D eigenvalue weighted by atomic mass is 16.4. The van der Waals surface area contributed by atoms with Crippen molar-refractivity contribution in [3.63, 3.8) is 0 Å². The first-order valence-electron chi connectivity index (χ1n) is 4.86. The highest BCUT2D eigenvalue weighted by Gasteiger charge is 2.13. The Bertz CT molecular complexity index is 625. The normalized spacial score (nSPS) is 10.6. The minimum atomic E-state index is -0.474. The third kappa shape index (κ3) is 1.73. The van der Waals surface area contributed by atoms with E-state index < -0.39 is 5.91 Å². The molecule has 3 aromatic rings. The molecule has 0 radical (unpaired) electrons. The lowest BCUT2D eigenvalue weighted by atomic mass is 10.3. The summed E-state index contributed by atoms with van der Waals surface area (Å²) in [4.78, 5) is 11.6. The summed E-state index contributed by atoms with van der Waals surface area (Å²) in [5.74, 6) is -0.163. The number of carbonyl (C=O) groups is 1. The average Bonchev–Trinajstić information content (AvgIpc) is 2.97. The second-order valence-corrected chi connectivity index (χ2v) is 3.34. The van der Waals surface area contributed by atoms with Gasteiger partial charge in [-0.3, -0.25) is 10.1 Å². The molecule has 0 atom stereocenters. The number of anilines is 1. The molecule has 0 aliphatic heterocycles. The van der Waals surface area contributed by atoms with Crippen LogP contribution in [0, 0.1) is 0 Å². The monoisotopic (exact) mass is 229 g/mol. The fourth-order valence-corrected chi connectivity index (χ4v) is 1.47. The zero-order chi connectivity index (χ0) is 11.7. The first kappa shape index (κ1) is 9.52. The molecule has 2 aromatic heterocycles. The zero-order valence-electron chi connectivity index (χ0n) is 8.54. The lowest BCUT2D eigenvalue weighted by molar-refractivity contribution is 0.101. The van der Waals surface area contributed by atoms with Crippen LogP contribution in [0.2, 0.25) is 0 Å². The van der Waals surface area contributed by atoms with Gasteiger partial charge in [-0.05, 0) is 11.3 Å². The third-order valence-corrected chi connectivity index (χ3v) is 2.21. The minimum absolute atomic E-state index is 0.0366. The molecule has 7 heteroatoms. The highest BCUT2D eigenvalue weighted by molar-refractivity contribution is 6.01. The standard InChI is InChI=1S/C10H7N5O2/c16-10(9-12-14-15-13-9)11-8-5-6-3-1-2-4-7(6)17-8/h1-5H,(H,11,16)(H,12,13,14,15). The molecule has 0 aliphatic carbocycles. The number of carbonyl (C=O) groups excluding carboxylic acids is 1. The van der Waals surface area contributed by atoms with Crippen LogP contribution in [0.3, 0.4) is 0 Å². The number of aromatic amines is 1. The average molecular weight is 229 g/mol. The lowest BCUT2D eigenvalue weighted by Crippen LogP contribution is -2.13. The van der Waals surface area contributed by atoms with Crippen LogP contribution in [0.25, 0.3) is 11.0 Å². The maximum Gasteiger partial charge on any atom is 0.299 e. The molecule has 1 amide bonds. The van der Waals surface area contributed by atoms with E-state index in [0.717, 1.165) is 5.39 Å². The Morgan fingerprint density at radius 3 is 3.00 bits per heavy atom. The molecule has 2 heterocycles. The van der Waals surface area contributed by atoms with E-state index in [-0.39, 0.29) is 5.82 Å². The number of benzene rings is 1. The number of fused-ring (bicyclic) bond motifs is 1. The van der Waals surface area contributed by atoms with Crippen molar-refractivity contribution < 1.29 is 9.21 Å². The quantitative estimate of drug-likeness (QED) is 0.688. The van der Waals surface area contributed by atoms with Crippen molar-refractivity contribution >= 4 is 22.8 Å². The number of para-hydroxylation sites is 1. The molecule has 7 nitrogen and oxygen atoms in total. The number of nitrogens with zero attached hydrogens (tertiary/aromatic N) is 3. The number of hydrogen-bond donors (Lipinski definition) is 2. The van der Waals surface area contributed by atoms with Gasteiger partial charge in [-0.25, -0.2) is 0 Å². The molecule has 0 spiro atoms. The van der Waals surface area contributed by atoms with Crippen LogP contribution in [-0.4, -0.2) is 26.5 Å². The van der Waals surface area contributed by atoms with Crippen LogP contribution < -0.4 is 5.32 Å². The molecule has 2 N–H and O–H groups in total. The van der Waals surface area contributed by atoms with Gasteiger partial charge in [-0.2, -0.15) is 5.21 Å². The number of H-pyrrole nitrogens is 1. The van der Waals surface area contributed by atoms with Gasteiger partial charge in [-0.1, -0.05) is 18.2 Å². The van der Waals surface area contributed by atoms with E-state index in [1.807, 2.05) is 24.3 Å². The third-order valence-electron chi connectivity index (χ3n) is 2.21. The number of furan rings is 1. The topological polar surface area (TPSA) is 96.7 Å². The first-order chi connectivity index (χ1) is 8.33. The second kappa shape index (κ2) is 3.71.